The number of rotatable bonds is 4. The smallest absolute Gasteiger partial charge is 0.265 e. The number of nitrogens with two attached hydrogens (primary N) is 1. The molecule has 2 N–H and O–H groups in total. The number of hydrogen-bond acceptors (Lipinski definition) is 4. The van der Waals surface area contributed by atoms with Crippen molar-refractivity contribution in [3.05, 3.63) is 16.3 Å². The second kappa shape index (κ2) is 4.97. The van der Waals surface area contributed by atoms with E-state index in [0.717, 1.165) is 0 Å². The van der Waals surface area contributed by atoms with E-state index in [1.807, 2.05) is 5.38 Å². The van der Waals surface area contributed by atoms with Gasteiger partial charge in [-0.15, -0.1) is 11.3 Å². The Morgan fingerprint density at radius 3 is 2.93 bits per heavy atom. The van der Waals surface area contributed by atoms with Gasteiger partial charge in [0.05, 0.1) is 12.3 Å². The average molecular weight is 214 g/mol. The molecule has 0 aliphatic carbocycles. The Labute approximate surface area is 87.3 Å². The summed E-state index contributed by atoms with van der Waals surface area (Å²) in [5, 5.41) is 1.81. The lowest BCUT2D eigenvalue weighted by atomic mass is 10.3. The Kier molecular flexibility index (Phi) is 3.91. The van der Waals surface area contributed by atoms with E-state index in [9.17, 15) is 4.79 Å². The van der Waals surface area contributed by atoms with Crippen LogP contribution in [0.25, 0.3) is 0 Å². The number of nitrogen functional groups attached to an aromatic ring is 1. The molecule has 1 aromatic heterocycles. The number of ether oxygens (including phenoxy) is 1. The zero-order chi connectivity index (χ0) is 10.6. The summed E-state index contributed by atoms with van der Waals surface area (Å²) < 4.78 is 4.89. The van der Waals surface area contributed by atoms with Gasteiger partial charge in [-0.05, 0) is 11.4 Å². The van der Waals surface area contributed by atoms with E-state index in [2.05, 4.69) is 0 Å². The van der Waals surface area contributed by atoms with Crippen molar-refractivity contribution < 1.29 is 9.53 Å². The van der Waals surface area contributed by atoms with Gasteiger partial charge in [-0.25, -0.2) is 0 Å². The van der Waals surface area contributed by atoms with Gasteiger partial charge in [0.2, 0.25) is 0 Å². The van der Waals surface area contributed by atoms with Crippen molar-refractivity contribution >= 4 is 22.9 Å². The minimum Gasteiger partial charge on any atom is -0.397 e. The number of anilines is 1. The summed E-state index contributed by atoms with van der Waals surface area (Å²) in [6, 6.07) is 1.74. The molecule has 0 bridgehead atoms. The lowest BCUT2D eigenvalue weighted by Crippen LogP contribution is -2.29. The number of hydrogen-bond donors (Lipinski definition) is 1. The maximum Gasteiger partial charge on any atom is 0.265 e. The number of thiophene rings is 1. The second-order valence-corrected chi connectivity index (χ2v) is 3.84. The highest BCUT2D eigenvalue weighted by molar-refractivity contribution is 7.12. The van der Waals surface area contributed by atoms with Gasteiger partial charge in [0, 0.05) is 20.7 Å². The van der Waals surface area contributed by atoms with Crippen LogP contribution in [0.2, 0.25) is 0 Å². The Morgan fingerprint density at radius 1 is 1.71 bits per heavy atom. The van der Waals surface area contributed by atoms with Crippen LogP contribution in [0.4, 0.5) is 5.69 Å². The average Bonchev–Trinajstić information content (AvgIpc) is 2.59. The highest BCUT2D eigenvalue weighted by Gasteiger charge is 2.15. The lowest BCUT2D eigenvalue weighted by Gasteiger charge is -2.15. The van der Waals surface area contributed by atoms with Crippen molar-refractivity contribution in [3.63, 3.8) is 0 Å². The van der Waals surface area contributed by atoms with Crippen molar-refractivity contribution in [1.82, 2.24) is 4.90 Å². The predicted octanol–water partition coefficient (Wildman–Crippen LogP) is 1.05. The van der Waals surface area contributed by atoms with Gasteiger partial charge in [-0.1, -0.05) is 0 Å². The maximum absolute atomic E-state index is 11.7. The molecule has 0 fully saturated rings. The number of likely N-dealkylation sites (N-methyl/N-ethyl adjacent to an activating group) is 1. The molecule has 1 rings (SSSR count). The predicted molar refractivity (Wildman–Crippen MR) is 57.6 cm³/mol. The van der Waals surface area contributed by atoms with Crippen LogP contribution >= 0.6 is 11.3 Å². The van der Waals surface area contributed by atoms with Crippen LogP contribution in [0.5, 0.6) is 0 Å². The van der Waals surface area contributed by atoms with Crippen molar-refractivity contribution in [3.8, 4) is 0 Å². The topological polar surface area (TPSA) is 55.6 Å². The molecule has 0 radical (unpaired) electrons. The molecule has 0 spiro atoms. The normalized spacial score (nSPS) is 10.1. The summed E-state index contributed by atoms with van der Waals surface area (Å²) in [5.74, 6) is -0.0467. The molecule has 78 valence electrons. The van der Waals surface area contributed by atoms with Crippen molar-refractivity contribution in [2.75, 3.05) is 33.0 Å². The molecule has 5 heteroatoms. The highest BCUT2D eigenvalue weighted by Crippen LogP contribution is 2.20. The number of amides is 1. The van der Waals surface area contributed by atoms with Gasteiger partial charge in [-0.2, -0.15) is 0 Å². The van der Waals surface area contributed by atoms with E-state index in [0.29, 0.717) is 23.7 Å². The Bertz CT molecular complexity index is 312. The lowest BCUT2D eigenvalue weighted by molar-refractivity contribution is 0.0750. The van der Waals surface area contributed by atoms with Crippen LogP contribution in [0.1, 0.15) is 9.67 Å². The molecule has 0 unspecified atom stereocenters. The van der Waals surface area contributed by atoms with Gasteiger partial charge in [-0.3, -0.25) is 4.79 Å². The van der Waals surface area contributed by atoms with Gasteiger partial charge >= 0.3 is 0 Å². The Morgan fingerprint density at radius 2 is 2.43 bits per heavy atom. The fourth-order valence-electron chi connectivity index (χ4n) is 0.996. The van der Waals surface area contributed by atoms with Crippen LogP contribution in [-0.4, -0.2) is 38.1 Å². The van der Waals surface area contributed by atoms with Crippen LogP contribution in [0, 0.1) is 0 Å². The second-order valence-electron chi connectivity index (χ2n) is 2.92. The summed E-state index contributed by atoms with van der Waals surface area (Å²) in [6.07, 6.45) is 0. The van der Waals surface area contributed by atoms with E-state index < -0.39 is 0 Å². The third-order valence-electron chi connectivity index (χ3n) is 1.87. The molecule has 1 amide bonds. The van der Waals surface area contributed by atoms with Gasteiger partial charge in [0.15, 0.2) is 0 Å². The molecule has 0 saturated carbocycles. The number of methoxy groups -OCH3 is 1. The number of carbonyl (C=O) groups excluding carboxylic acids is 1. The van der Waals surface area contributed by atoms with Crippen molar-refractivity contribution in [1.29, 1.82) is 0 Å². The first-order chi connectivity index (χ1) is 6.66. The van der Waals surface area contributed by atoms with E-state index >= 15 is 0 Å². The fraction of sp³-hybridized carbons (Fsp3) is 0.444. The van der Waals surface area contributed by atoms with Gasteiger partial charge in [0.25, 0.3) is 5.91 Å². The summed E-state index contributed by atoms with van der Waals surface area (Å²) in [4.78, 5) is 13.9. The molecule has 4 nitrogen and oxygen atoms in total. The SMILES string of the molecule is COCCN(C)C(=O)c1sccc1N. The van der Waals surface area contributed by atoms with Crippen molar-refractivity contribution in [2.24, 2.45) is 0 Å². The Hall–Kier alpha value is -1.07. The molecule has 0 aliphatic heterocycles. The summed E-state index contributed by atoms with van der Waals surface area (Å²) in [6.45, 7) is 1.11. The van der Waals surface area contributed by atoms with Crippen LogP contribution in [0.3, 0.4) is 0 Å². The molecular weight excluding hydrogens is 200 g/mol. The molecule has 0 atom stereocenters. The third-order valence-corrected chi connectivity index (χ3v) is 2.79. The van der Waals surface area contributed by atoms with Gasteiger partial charge < -0.3 is 15.4 Å². The fourth-order valence-corrected chi connectivity index (χ4v) is 1.81. The Balaban J connectivity index is 2.61. The number of carbonyl (C=O) groups is 1. The minimum atomic E-state index is -0.0467. The summed E-state index contributed by atoms with van der Waals surface area (Å²) in [7, 11) is 3.35. The van der Waals surface area contributed by atoms with Crippen LogP contribution < -0.4 is 5.73 Å². The zero-order valence-electron chi connectivity index (χ0n) is 8.32. The molecule has 0 saturated heterocycles. The minimum absolute atomic E-state index is 0.0467. The number of nitrogens with zero attached hydrogens (tertiary/aromatic N) is 1. The molecule has 14 heavy (non-hydrogen) atoms. The molecule has 0 aliphatic rings. The first-order valence-electron chi connectivity index (χ1n) is 4.24. The summed E-state index contributed by atoms with van der Waals surface area (Å²) in [5.41, 5.74) is 6.19. The van der Waals surface area contributed by atoms with Crippen molar-refractivity contribution in [2.45, 2.75) is 0 Å². The van der Waals surface area contributed by atoms with E-state index in [1.54, 1.807) is 25.1 Å². The monoisotopic (exact) mass is 214 g/mol. The van der Waals surface area contributed by atoms with Crippen LogP contribution in [0.15, 0.2) is 11.4 Å². The van der Waals surface area contributed by atoms with E-state index in [4.69, 9.17) is 10.5 Å². The largest absolute Gasteiger partial charge is 0.397 e. The molecular formula is C9H14N2O2S. The zero-order valence-corrected chi connectivity index (χ0v) is 9.13. The van der Waals surface area contributed by atoms with Crippen LogP contribution in [-0.2, 0) is 4.74 Å². The highest BCUT2D eigenvalue weighted by atomic mass is 32.1. The molecule has 0 aromatic carbocycles. The first-order valence-corrected chi connectivity index (χ1v) is 5.12. The summed E-state index contributed by atoms with van der Waals surface area (Å²) >= 11 is 1.36. The first kappa shape index (κ1) is 11.0. The van der Waals surface area contributed by atoms with E-state index in [-0.39, 0.29) is 5.91 Å². The maximum atomic E-state index is 11.7. The standard InChI is InChI=1S/C9H14N2O2S/c1-11(4-5-13-2)9(12)8-7(10)3-6-14-8/h3,6H,4-5,10H2,1-2H3. The molecule has 1 heterocycles. The third kappa shape index (κ3) is 2.46. The quantitative estimate of drug-likeness (QED) is 0.815. The van der Waals surface area contributed by atoms with E-state index in [1.165, 1.54) is 11.3 Å². The molecule has 1 aromatic rings. The van der Waals surface area contributed by atoms with Gasteiger partial charge in [0.1, 0.15) is 4.88 Å².